The smallest absolute Gasteiger partial charge is 0.324 e. The summed E-state index contributed by atoms with van der Waals surface area (Å²) in [5.74, 6) is 0.366. The van der Waals surface area contributed by atoms with E-state index in [-0.39, 0.29) is 22.9 Å². The molecule has 0 unspecified atom stereocenters. The summed E-state index contributed by atoms with van der Waals surface area (Å²) in [7, 11) is 0. The minimum atomic E-state index is -0.0685. The van der Waals surface area contributed by atoms with Gasteiger partial charge in [0, 0.05) is 30.2 Å². The first-order valence-corrected chi connectivity index (χ1v) is 10.3. The van der Waals surface area contributed by atoms with E-state index in [1.165, 1.54) is 11.1 Å². The van der Waals surface area contributed by atoms with Crippen molar-refractivity contribution < 1.29 is 9.90 Å². The van der Waals surface area contributed by atoms with Crippen molar-refractivity contribution in [2.45, 2.75) is 51.5 Å². The number of amides is 2. The van der Waals surface area contributed by atoms with E-state index in [0.717, 1.165) is 37.2 Å². The van der Waals surface area contributed by atoms with E-state index in [9.17, 15) is 9.90 Å². The number of anilines is 1. The average Bonchev–Trinajstić information content (AvgIpc) is 3.09. The van der Waals surface area contributed by atoms with Gasteiger partial charge in [0.25, 0.3) is 0 Å². The Balaban J connectivity index is 1.55. The van der Waals surface area contributed by atoms with Crippen LogP contribution in [0.1, 0.15) is 43.9 Å². The largest absolute Gasteiger partial charge is 0.508 e. The van der Waals surface area contributed by atoms with E-state index in [0.29, 0.717) is 12.2 Å². The molecule has 5 rings (SSSR count). The number of hydrogen-bond acceptors (Lipinski definition) is 2. The SMILES string of the molecule is CC1(C)[C@H]2Cc3c(O)cccc3[C@]1(C)CCN2C(=O)N1CCc2ccccc21. The molecule has 0 radical (unpaired) electrons. The van der Waals surface area contributed by atoms with Crippen molar-refractivity contribution in [1.29, 1.82) is 0 Å². The maximum atomic E-state index is 13.6. The molecule has 146 valence electrons. The molecule has 4 nitrogen and oxygen atoms in total. The predicted octanol–water partition coefficient (Wildman–Crippen LogP) is 4.49. The first-order valence-electron chi connectivity index (χ1n) is 10.3. The summed E-state index contributed by atoms with van der Waals surface area (Å²) in [5, 5.41) is 10.5. The fourth-order valence-corrected chi connectivity index (χ4v) is 5.85. The molecule has 2 bridgehead atoms. The maximum absolute atomic E-state index is 13.6. The van der Waals surface area contributed by atoms with Crippen LogP contribution >= 0.6 is 0 Å². The maximum Gasteiger partial charge on any atom is 0.324 e. The number of piperidine rings is 1. The lowest BCUT2D eigenvalue weighted by atomic mass is 9.51. The molecule has 4 heteroatoms. The molecule has 28 heavy (non-hydrogen) atoms. The third kappa shape index (κ3) is 2.15. The molecule has 1 N–H and O–H groups in total. The zero-order valence-electron chi connectivity index (χ0n) is 16.9. The molecular formula is C24H28N2O2. The van der Waals surface area contributed by atoms with E-state index in [1.807, 2.05) is 23.1 Å². The van der Waals surface area contributed by atoms with Crippen LogP contribution in [0.3, 0.4) is 0 Å². The lowest BCUT2D eigenvalue weighted by Gasteiger charge is -2.61. The highest BCUT2D eigenvalue weighted by atomic mass is 16.3. The molecule has 2 aromatic rings. The van der Waals surface area contributed by atoms with Gasteiger partial charge in [-0.1, -0.05) is 51.1 Å². The Hall–Kier alpha value is -2.49. The van der Waals surface area contributed by atoms with Gasteiger partial charge < -0.3 is 10.0 Å². The normalized spacial score (nSPS) is 27.3. The topological polar surface area (TPSA) is 43.8 Å². The Morgan fingerprint density at radius 2 is 1.86 bits per heavy atom. The number of fused-ring (bicyclic) bond motifs is 5. The molecular weight excluding hydrogens is 348 g/mol. The molecule has 2 heterocycles. The van der Waals surface area contributed by atoms with E-state index >= 15 is 0 Å². The van der Waals surface area contributed by atoms with Crippen molar-refractivity contribution >= 4 is 11.7 Å². The zero-order chi connectivity index (χ0) is 19.7. The van der Waals surface area contributed by atoms with Crippen LogP contribution in [0, 0.1) is 5.41 Å². The van der Waals surface area contributed by atoms with Crippen LogP contribution in [0.25, 0.3) is 0 Å². The Kier molecular flexibility index (Phi) is 3.62. The van der Waals surface area contributed by atoms with Crippen molar-refractivity contribution in [1.82, 2.24) is 4.90 Å². The molecule has 2 aliphatic heterocycles. The summed E-state index contributed by atoms with van der Waals surface area (Å²) in [6.07, 6.45) is 2.55. The van der Waals surface area contributed by atoms with Crippen molar-refractivity contribution in [2.75, 3.05) is 18.0 Å². The van der Waals surface area contributed by atoms with Gasteiger partial charge in [-0.05, 0) is 53.5 Å². The Morgan fingerprint density at radius 1 is 1.07 bits per heavy atom. The monoisotopic (exact) mass is 376 g/mol. The second kappa shape index (κ2) is 5.76. The highest BCUT2D eigenvalue weighted by Crippen LogP contribution is 2.57. The van der Waals surface area contributed by atoms with Gasteiger partial charge in [-0.15, -0.1) is 0 Å². The van der Waals surface area contributed by atoms with Crippen molar-refractivity contribution in [2.24, 2.45) is 5.41 Å². The van der Waals surface area contributed by atoms with E-state index in [4.69, 9.17) is 0 Å². The fraction of sp³-hybridized carbons (Fsp3) is 0.458. The molecule has 1 aliphatic carbocycles. The lowest BCUT2D eigenvalue weighted by Crippen LogP contribution is -2.66. The molecule has 1 fully saturated rings. The summed E-state index contributed by atoms with van der Waals surface area (Å²) in [6.45, 7) is 8.41. The van der Waals surface area contributed by atoms with Gasteiger partial charge in [0.05, 0.1) is 0 Å². The quantitative estimate of drug-likeness (QED) is 0.736. The van der Waals surface area contributed by atoms with Crippen LogP contribution < -0.4 is 4.90 Å². The molecule has 3 aliphatic rings. The number of carbonyl (C=O) groups excluding carboxylic acids is 1. The van der Waals surface area contributed by atoms with Crippen LogP contribution in [0.4, 0.5) is 10.5 Å². The van der Waals surface area contributed by atoms with Crippen LogP contribution in [0.5, 0.6) is 5.75 Å². The molecule has 0 spiro atoms. The number of likely N-dealkylation sites (tertiary alicyclic amines) is 1. The predicted molar refractivity (Wildman–Crippen MR) is 111 cm³/mol. The van der Waals surface area contributed by atoms with Crippen LogP contribution in [-0.2, 0) is 18.3 Å². The summed E-state index contributed by atoms with van der Waals surface area (Å²) < 4.78 is 0. The van der Waals surface area contributed by atoms with Crippen molar-refractivity contribution in [3.05, 3.63) is 59.2 Å². The summed E-state index contributed by atoms with van der Waals surface area (Å²) >= 11 is 0. The van der Waals surface area contributed by atoms with Crippen LogP contribution in [-0.4, -0.2) is 35.2 Å². The number of phenols is 1. The fourth-order valence-electron chi connectivity index (χ4n) is 5.85. The number of nitrogens with zero attached hydrogens (tertiary/aromatic N) is 2. The van der Waals surface area contributed by atoms with E-state index in [2.05, 4.69) is 43.9 Å². The average molecular weight is 377 g/mol. The number of benzene rings is 2. The van der Waals surface area contributed by atoms with Gasteiger partial charge in [-0.3, -0.25) is 4.90 Å². The van der Waals surface area contributed by atoms with Gasteiger partial charge in [0.2, 0.25) is 0 Å². The molecule has 2 aromatic carbocycles. The molecule has 2 atom stereocenters. The zero-order valence-corrected chi connectivity index (χ0v) is 16.9. The number of phenolic OH excluding ortho intramolecular Hbond substituents is 1. The Labute approximate surface area is 166 Å². The van der Waals surface area contributed by atoms with Gasteiger partial charge in [-0.25, -0.2) is 4.79 Å². The second-order valence-electron chi connectivity index (χ2n) is 9.33. The summed E-state index contributed by atoms with van der Waals surface area (Å²) in [6, 6.07) is 14.3. The summed E-state index contributed by atoms with van der Waals surface area (Å²) in [4.78, 5) is 17.7. The number of carbonyl (C=O) groups is 1. The van der Waals surface area contributed by atoms with Gasteiger partial charge in [0.1, 0.15) is 5.75 Å². The van der Waals surface area contributed by atoms with E-state index in [1.54, 1.807) is 6.07 Å². The van der Waals surface area contributed by atoms with E-state index < -0.39 is 0 Å². The highest BCUT2D eigenvalue weighted by molar-refractivity contribution is 5.94. The molecule has 0 saturated carbocycles. The lowest BCUT2D eigenvalue weighted by molar-refractivity contribution is -0.0146. The Morgan fingerprint density at radius 3 is 2.68 bits per heavy atom. The first-order chi connectivity index (χ1) is 13.3. The van der Waals surface area contributed by atoms with Gasteiger partial charge in [0.15, 0.2) is 0 Å². The minimum Gasteiger partial charge on any atom is -0.508 e. The van der Waals surface area contributed by atoms with Gasteiger partial charge >= 0.3 is 6.03 Å². The molecule has 1 saturated heterocycles. The van der Waals surface area contributed by atoms with Crippen molar-refractivity contribution in [3.63, 3.8) is 0 Å². The standard InChI is InChI=1S/C24H28N2O2/c1-23(2)21-15-17-18(8-6-10-20(17)27)24(23,3)12-14-26(21)22(28)25-13-11-16-7-4-5-9-19(16)25/h4-10,21,27H,11-15H2,1-3H3/t21-,24+/m1/s1. The number of para-hydroxylation sites is 1. The number of urea groups is 1. The molecule has 0 aromatic heterocycles. The molecule has 2 amide bonds. The number of aromatic hydroxyl groups is 1. The van der Waals surface area contributed by atoms with Crippen LogP contribution in [0.15, 0.2) is 42.5 Å². The first kappa shape index (κ1) is 17.6. The van der Waals surface area contributed by atoms with Crippen molar-refractivity contribution in [3.8, 4) is 5.75 Å². The second-order valence-corrected chi connectivity index (χ2v) is 9.33. The third-order valence-electron chi connectivity index (χ3n) is 7.99. The van der Waals surface area contributed by atoms with Crippen LogP contribution in [0.2, 0.25) is 0 Å². The number of rotatable bonds is 0. The number of hydrogen-bond donors (Lipinski definition) is 1. The third-order valence-corrected chi connectivity index (χ3v) is 7.99. The highest BCUT2D eigenvalue weighted by Gasteiger charge is 2.57. The summed E-state index contributed by atoms with van der Waals surface area (Å²) in [5.41, 5.74) is 4.47. The minimum absolute atomic E-state index is 0.0519. The van der Waals surface area contributed by atoms with Gasteiger partial charge in [-0.2, -0.15) is 0 Å². The Bertz CT molecular complexity index is 967.